The maximum absolute atomic E-state index is 14.1. The van der Waals surface area contributed by atoms with E-state index in [0.29, 0.717) is 22.6 Å². The van der Waals surface area contributed by atoms with E-state index >= 15 is 0 Å². The first-order valence-corrected chi connectivity index (χ1v) is 15.0. The molecule has 3 aromatic rings. The van der Waals surface area contributed by atoms with Gasteiger partial charge in [0.2, 0.25) is 11.8 Å². The smallest absolute Gasteiger partial charge is 0.264 e. The summed E-state index contributed by atoms with van der Waals surface area (Å²) in [4.78, 5) is 28.7. The minimum Gasteiger partial charge on any atom is -0.352 e. The number of rotatable bonds is 12. The average molecular weight is 588 g/mol. The molecule has 0 fully saturated rings. The van der Waals surface area contributed by atoms with Crippen LogP contribution >= 0.6 is 11.6 Å². The Balaban J connectivity index is 2.08. The first kappa shape index (κ1) is 31.1. The first-order valence-electron chi connectivity index (χ1n) is 13.2. The molecule has 0 saturated carbocycles. The van der Waals surface area contributed by atoms with Crippen LogP contribution in [-0.4, -0.2) is 43.8 Å². The van der Waals surface area contributed by atoms with Crippen molar-refractivity contribution in [3.8, 4) is 0 Å². The number of carbonyl (C=O) groups excluding carboxylic acids is 2. The van der Waals surface area contributed by atoms with E-state index in [1.807, 2.05) is 13.8 Å². The van der Waals surface area contributed by atoms with Gasteiger partial charge in [-0.2, -0.15) is 0 Å². The van der Waals surface area contributed by atoms with Gasteiger partial charge in [-0.1, -0.05) is 61.8 Å². The summed E-state index contributed by atoms with van der Waals surface area (Å²) in [5.74, 6) is -1.36. The average Bonchev–Trinajstić information content (AvgIpc) is 2.94. The molecule has 7 nitrogen and oxygen atoms in total. The Morgan fingerprint density at radius 2 is 1.62 bits per heavy atom. The molecule has 0 bridgehead atoms. The second-order valence-electron chi connectivity index (χ2n) is 9.65. The lowest BCUT2D eigenvalue weighted by molar-refractivity contribution is -0.140. The third kappa shape index (κ3) is 7.61. The molecule has 0 spiro atoms. The molecule has 214 valence electrons. The molecule has 0 aliphatic carbocycles. The maximum atomic E-state index is 14.1. The molecule has 0 unspecified atom stereocenters. The van der Waals surface area contributed by atoms with Gasteiger partial charge < -0.3 is 10.2 Å². The van der Waals surface area contributed by atoms with Crippen LogP contribution in [0.2, 0.25) is 5.02 Å². The highest BCUT2D eigenvalue weighted by Gasteiger charge is 2.34. The minimum absolute atomic E-state index is 0.00816. The van der Waals surface area contributed by atoms with Crippen molar-refractivity contribution in [3.05, 3.63) is 94.8 Å². The van der Waals surface area contributed by atoms with E-state index < -0.39 is 34.3 Å². The van der Waals surface area contributed by atoms with E-state index in [1.165, 1.54) is 47.4 Å². The van der Waals surface area contributed by atoms with E-state index in [2.05, 4.69) is 5.32 Å². The highest BCUT2D eigenvalue weighted by atomic mass is 35.5. The fourth-order valence-electron chi connectivity index (χ4n) is 4.23. The predicted molar refractivity (Wildman–Crippen MR) is 156 cm³/mol. The summed E-state index contributed by atoms with van der Waals surface area (Å²) in [5, 5.41) is 3.24. The van der Waals surface area contributed by atoms with Crippen molar-refractivity contribution in [2.24, 2.45) is 0 Å². The molecule has 0 aliphatic rings. The normalized spacial score (nSPS) is 12.8. The molecule has 0 radical (unpaired) electrons. The second kappa shape index (κ2) is 13.8. The molecule has 2 atom stereocenters. The number of hydrogen-bond acceptors (Lipinski definition) is 4. The zero-order valence-electron chi connectivity index (χ0n) is 23.1. The van der Waals surface area contributed by atoms with Crippen LogP contribution in [0.5, 0.6) is 0 Å². The SMILES string of the molecule is CC[C@@H](C)NC(=O)[C@H](CC)N(Cc1ccc(F)cc1)C(=O)CN(c1cc(Cl)ccc1C)S(=O)(=O)c1ccccc1. The van der Waals surface area contributed by atoms with Gasteiger partial charge in [0.15, 0.2) is 0 Å². The molecule has 40 heavy (non-hydrogen) atoms. The van der Waals surface area contributed by atoms with Crippen LogP contribution in [0, 0.1) is 12.7 Å². The van der Waals surface area contributed by atoms with Crippen molar-refractivity contribution >= 4 is 39.1 Å². The number of aryl methyl sites for hydroxylation is 1. The van der Waals surface area contributed by atoms with Gasteiger partial charge in [-0.05, 0) is 74.2 Å². The number of benzene rings is 3. The van der Waals surface area contributed by atoms with Gasteiger partial charge in [0.05, 0.1) is 10.6 Å². The molecule has 3 aromatic carbocycles. The number of amides is 2. The van der Waals surface area contributed by atoms with Gasteiger partial charge in [0.25, 0.3) is 10.0 Å². The fourth-order valence-corrected chi connectivity index (χ4v) is 5.89. The van der Waals surface area contributed by atoms with Crippen molar-refractivity contribution in [1.29, 1.82) is 0 Å². The van der Waals surface area contributed by atoms with Gasteiger partial charge in [0.1, 0.15) is 18.4 Å². The van der Waals surface area contributed by atoms with Crippen LogP contribution in [-0.2, 0) is 26.2 Å². The zero-order valence-corrected chi connectivity index (χ0v) is 24.7. The number of hydrogen-bond donors (Lipinski definition) is 1. The molecule has 0 aromatic heterocycles. The number of sulfonamides is 1. The van der Waals surface area contributed by atoms with Gasteiger partial charge in [0, 0.05) is 17.6 Å². The van der Waals surface area contributed by atoms with Gasteiger partial charge >= 0.3 is 0 Å². The Morgan fingerprint density at radius 3 is 2.23 bits per heavy atom. The summed E-state index contributed by atoms with van der Waals surface area (Å²) in [6.07, 6.45) is 0.988. The Morgan fingerprint density at radius 1 is 0.975 bits per heavy atom. The van der Waals surface area contributed by atoms with E-state index in [9.17, 15) is 22.4 Å². The fraction of sp³-hybridized carbons (Fsp3) is 0.333. The number of nitrogens with zero attached hydrogens (tertiary/aromatic N) is 2. The zero-order chi connectivity index (χ0) is 29.4. The lowest BCUT2D eigenvalue weighted by Gasteiger charge is -2.34. The molecule has 0 heterocycles. The predicted octanol–water partition coefficient (Wildman–Crippen LogP) is 5.70. The number of nitrogens with one attached hydrogen (secondary N) is 1. The highest BCUT2D eigenvalue weighted by molar-refractivity contribution is 7.92. The van der Waals surface area contributed by atoms with E-state index in [-0.39, 0.29) is 35.5 Å². The van der Waals surface area contributed by atoms with E-state index in [0.717, 1.165) is 4.31 Å². The molecular weight excluding hydrogens is 553 g/mol. The van der Waals surface area contributed by atoms with Crippen molar-refractivity contribution in [2.75, 3.05) is 10.8 Å². The van der Waals surface area contributed by atoms with E-state index in [1.54, 1.807) is 44.2 Å². The first-order chi connectivity index (χ1) is 19.0. The summed E-state index contributed by atoms with van der Waals surface area (Å²) in [6.45, 7) is 6.73. The standard InChI is InChI=1S/C30H35ClFN3O4S/c1-5-22(4)33-30(37)27(6-2)34(19-23-13-16-25(32)17-14-23)29(36)20-35(28-18-24(31)15-12-21(28)3)40(38,39)26-10-8-7-9-11-26/h7-18,22,27H,5-6,19-20H2,1-4H3,(H,33,37)/t22-,27+/m1/s1. The Bertz CT molecular complexity index is 1420. The van der Waals surface area contributed by atoms with Crippen LogP contribution in [0.1, 0.15) is 44.7 Å². The minimum atomic E-state index is -4.20. The quantitative estimate of drug-likeness (QED) is 0.294. The van der Waals surface area contributed by atoms with Crippen molar-refractivity contribution in [1.82, 2.24) is 10.2 Å². The summed E-state index contributed by atoms with van der Waals surface area (Å²) < 4.78 is 42.4. The lowest BCUT2D eigenvalue weighted by atomic mass is 10.1. The van der Waals surface area contributed by atoms with Crippen LogP contribution in [0.3, 0.4) is 0 Å². The Kier molecular flexibility index (Phi) is 10.7. The molecule has 0 saturated heterocycles. The van der Waals surface area contributed by atoms with Crippen LogP contribution in [0.4, 0.5) is 10.1 Å². The Labute approximate surface area is 241 Å². The van der Waals surface area contributed by atoms with Gasteiger partial charge in [-0.15, -0.1) is 0 Å². The maximum Gasteiger partial charge on any atom is 0.264 e. The highest BCUT2D eigenvalue weighted by Crippen LogP contribution is 2.30. The lowest BCUT2D eigenvalue weighted by Crippen LogP contribution is -2.53. The van der Waals surface area contributed by atoms with Gasteiger partial charge in [-0.3, -0.25) is 13.9 Å². The second-order valence-corrected chi connectivity index (χ2v) is 11.9. The van der Waals surface area contributed by atoms with Crippen LogP contribution in [0.15, 0.2) is 77.7 Å². The topological polar surface area (TPSA) is 86.8 Å². The molecule has 1 N–H and O–H groups in total. The molecule has 2 amide bonds. The summed E-state index contributed by atoms with van der Waals surface area (Å²) in [6, 6.07) is 17.3. The van der Waals surface area contributed by atoms with Crippen molar-refractivity contribution < 1.29 is 22.4 Å². The summed E-state index contributed by atoms with van der Waals surface area (Å²) in [7, 11) is -4.20. The monoisotopic (exact) mass is 587 g/mol. The molecule has 0 aliphatic heterocycles. The Hall–Kier alpha value is -3.43. The largest absolute Gasteiger partial charge is 0.352 e. The van der Waals surface area contributed by atoms with Crippen LogP contribution < -0.4 is 9.62 Å². The van der Waals surface area contributed by atoms with E-state index in [4.69, 9.17) is 11.6 Å². The number of carbonyl (C=O) groups is 2. The third-order valence-electron chi connectivity index (χ3n) is 6.70. The van der Waals surface area contributed by atoms with Crippen molar-refractivity contribution in [3.63, 3.8) is 0 Å². The molecular formula is C30H35ClFN3O4S. The summed E-state index contributed by atoms with van der Waals surface area (Å²) >= 11 is 6.25. The number of halogens is 2. The summed E-state index contributed by atoms with van der Waals surface area (Å²) in [5.41, 5.74) is 1.45. The van der Waals surface area contributed by atoms with Gasteiger partial charge in [-0.25, -0.2) is 12.8 Å². The van der Waals surface area contributed by atoms with Crippen molar-refractivity contribution in [2.45, 2.75) is 64.1 Å². The third-order valence-corrected chi connectivity index (χ3v) is 8.71. The molecule has 3 rings (SSSR count). The van der Waals surface area contributed by atoms with Crippen LogP contribution in [0.25, 0.3) is 0 Å². The number of anilines is 1. The molecule has 10 heteroatoms.